The summed E-state index contributed by atoms with van der Waals surface area (Å²) in [5.41, 5.74) is 9.65. The molecule has 0 fully saturated rings. The summed E-state index contributed by atoms with van der Waals surface area (Å²) in [7, 11) is 0. The molecule has 0 amide bonds. The van der Waals surface area contributed by atoms with E-state index in [1.165, 1.54) is 5.56 Å². The maximum absolute atomic E-state index is 5.88. The molecule has 18 heavy (non-hydrogen) atoms. The molecule has 94 valence electrons. The van der Waals surface area contributed by atoms with Crippen LogP contribution in [0.2, 0.25) is 0 Å². The van der Waals surface area contributed by atoms with Gasteiger partial charge in [0.25, 0.3) is 0 Å². The minimum atomic E-state index is 0.623. The molecule has 3 N–H and O–H groups in total. The van der Waals surface area contributed by atoms with Gasteiger partial charge in [0.1, 0.15) is 0 Å². The number of anilines is 2. The second kappa shape index (κ2) is 5.82. The van der Waals surface area contributed by atoms with Crippen LogP contribution < -0.4 is 11.1 Å². The molecule has 0 radical (unpaired) electrons. The second-order valence-corrected chi connectivity index (χ2v) is 4.76. The molecule has 5 heteroatoms. The van der Waals surface area contributed by atoms with Crippen molar-refractivity contribution in [2.75, 3.05) is 11.1 Å². The van der Waals surface area contributed by atoms with E-state index in [4.69, 9.17) is 5.73 Å². The number of nitrogens with one attached hydrogen (secondary N) is 1. The van der Waals surface area contributed by atoms with Crippen molar-refractivity contribution in [2.45, 2.75) is 19.9 Å². The van der Waals surface area contributed by atoms with Gasteiger partial charge in [-0.2, -0.15) is 0 Å². The lowest BCUT2D eigenvalue weighted by Crippen LogP contribution is -2.07. The van der Waals surface area contributed by atoms with Crippen LogP contribution in [0.3, 0.4) is 0 Å². The van der Waals surface area contributed by atoms with Gasteiger partial charge in [-0.3, -0.25) is 9.97 Å². The predicted molar refractivity (Wildman–Crippen MR) is 77.3 cm³/mol. The molecule has 2 rings (SSSR count). The lowest BCUT2D eigenvalue weighted by atomic mass is 10.1. The molecule has 0 saturated heterocycles. The summed E-state index contributed by atoms with van der Waals surface area (Å²) < 4.78 is 0.858. The van der Waals surface area contributed by atoms with Crippen molar-refractivity contribution >= 4 is 27.3 Å². The number of rotatable bonds is 4. The first-order valence-electron chi connectivity index (χ1n) is 5.78. The van der Waals surface area contributed by atoms with E-state index in [-0.39, 0.29) is 0 Å². The predicted octanol–water partition coefficient (Wildman–Crippen LogP) is 3.00. The largest absolute Gasteiger partial charge is 0.396 e. The smallest absolute Gasteiger partial charge is 0.0753 e. The van der Waals surface area contributed by atoms with Gasteiger partial charge >= 0.3 is 0 Å². The van der Waals surface area contributed by atoms with E-state index in [2.05, 4.69) is 44.2 Å². The summed E-state index contributed by atoms with van der Waals surface area (Å²) >= 11 is 3.43. The first-order chi connectivity index (χ1) is 8.72. The number of aryl methyl sites for hydroxylation is 1. The van der Waals surface area contributed by atoms with Gasteiger partial charge in [0.15, 0.2) is 0 Å². The number of hydrogen-bond acceptors (Lipinski definition) is 4. The molecular weight excluding hydrogens is 292 g/mol. The number of nitrogen functional groups attached to an aromatic ring is 1. The third kappa shape index (κ3) is 2.79. The summed E-state index contributed by atoms with van der Waals surface area (Å²) in [6.07, 6.45) is 6.13. The Morgan fingerprint density at radius 1 is 1.39 bits per heavy atom. The number of aromatic nitrogens is 2. The van der Waals surface area contributed by atoms with Gasteiger partial charge in [-0.1, -0.05) is 13.0 Å². The van der Waals surface area contributed by atoms with Gasteiger partial charge in [-0.05, 0) is 34.0 Å². The molecule has 0 saturated carbocycles. The van der Waals surface area contributed by atoms with Crippen LogP contribution in [-0.2, 0) is 13.0 Å². The molecule has 0 bridgehead atoms. The average molecular weight is 307 g/mol. The fourth-order valence-corrected chi connectivity index (χ4v) is 2.25. The van der Waals surface area contributed by atoms with E-state index < -0.39 is 0 Å². The van der Waals surface area contributed by atoms with Crippen molar-refractivity contribution < 1.29 is 0 Å². The molecule has 2 heterocycles. The van der Waals surface area contributed by atoms with Crippen molar-refractivity contribution in [1.29, 1.82) is 0 Å². The third-order valence-electron chi connectivity index (χ3n) is 2.73. The summed E-state index contributed by atoms with van der Waals surface area (Å²) in [4.78, 5) is 8.40. The Kier molecular flexibility index (Phi) is 4.15. The lowest BCUT2D eigenvalue weighted by molar-refractivity contribution is 0.971. The van der Waals surface area contributed by atoms with Gasteiger partial charge < -0.3 is 11.1 Å². The molecule has 0 atom stereocenters. The van der Waals surface area contributed by atoms with Crippen LogP contribution >= 0.6 is 15.9 Å². The Bertz CT molecular complexity index is 522. The molecule has 0 aliphatic carbocycles. The zero-order chi connectivity index (χ0) is 13.0. The highest BCUT2D eigenvalue weighted by molar-refractivity contribution is 9.10. The van der Waals surface area contributed by atoms with Crippen molar-refractivity contribution in [1.82, 2.24) is 9.97 Å². The number of hydrogen-bond donors (Lipinski definition) is 2. The van der Waals surface area contributed by atoms with E-state index in [0.29, 0.717) is 12.2 Å². The van der Waals surface area contributed by atoms with Crippen molar-refractivity contribution in [3.63, 3.8) is 0 Å². The zero-order valence-electron chi connectivity index (χ0n) is 10.2. The molecule has 2 aromatic heterocycles. The fourth-order valence-electron chi connectivity index (χ4n) is 1.76. The minimum Gasteiger partial charge on any atom is -0.396 e. The molecule has 4 nitrogen and oxygen atoms in total. The van der Waals surface area contributed by atoms with E-state index in [0.717, 1.165) is 22.3 Å². The summed E-state index contributed by atoms with van der Waals surface area (Å²) in [5.74, 6) is 0. The van der Waals surface area contributed by atoms with Gasteiger partial charge in [0.2, 0.25) is 0 Å². The monoisotopic (exact) mass is 306 g/mol. The first kappa shape index (κ1) is 12.8. The Balaban J connectivity index is 2.16. The molecule has 0 spiro atoms. The first-order valence-corrected chi connectivity index (χ1v) is 6.57. The van der Waals surface area contributed by atoms with E-state index in [1.807, 2.05) is 6.07 Å². The normalized spacial score (nSPS) is 10.3. The highest BCUT2D eigenvalue weighted by Gasteiger charge is 2.06. The van der Waals surface area contributed by atoms with E-state index >= 15 is 0 Å². The minimum absolute atomic E-state index is 0.623. The van der Waals surface area contributed by atoms with Crippen molar-refractivity contribution in [3.05, 3.63) is 46.5 Å². The van der Waals surface area contributed by atoms with E-state index in [1.54, 1.807) is 18.6 Å². The van der Waals surface area contributed by atoms with Gasteiger partial charge in [0, 0.05) is 12.4 Å². The second-order valence-electron chi connectivity index (χ2n) is 3.90. The van der Waals surface area contributed by atoms with Crippen LogP contribution in [0.1, 0.15) is 18.2 Å². The van der Waals surface area contributed by atoms with Crippen LogP contribution in [0.25, 0.3) is 0 Å². The molecule has 0 aliphatic heterocycles. The van der Waals surface area contributed by atoms with Crippen LogP contribution in [0, 0.1) is 0 Å². The molecule has 2 aromatic rings. The zero-order valence-corrected chi connectivity index (χ0v) is 11.7. The maximum Gasteiger partial charge on any atom is 0.0753 e. The van der Waals surface area contributed by atoms with Gasteiger partial charge in [0.05, 0.1) is 34.3 Å². The number of halogens is 1. The Morgan fingerprint density at radius 3 is 2.94 bits per heavy atom. The Morgan fingerprint density at radius 2 is 2.22 bits per heavy atom. The summed E-state index contributed by atoms with van der Waals surface area (Å²) in [6, 6.07) is 4.05. The summed E-state index contributed by atoms with van der Waals surface area (Å²) in [5, 5.41) is 3.30. The van der Waals surface area contributed by atoms with Crippen LogP contribution in [0.15, 0.2) is 35.2 Å². The Hall–Kier alpha value is -1.62. The number of nitrogens with two attached hydrogens (primary N) is 1. The van der Waals surface area contributed by atoms with Crippen LogP contribution in [0.4, 0.5) is 11.4 Å². The number of nitrogens with zero attached hydrogens (tertiary/aromatic N) is 2. The standard InChI is InChI=1S/C13H15BrN4/c1-2-9-4-3-5-17-12(9)8-18-13-10(14)6-16-7-11(13)15/h3-7H,2,8,15H2,1H3,(H,16,18). The topological polar surface area (TPSA) is 63.8 Å². The van der Waals surface area contributed by atoms with Crippen LogP contribution in [0.5, 0.6) is 0 Å². The van der Waals surface area contributed by atoms with Crippen molar-refractivity contribution in [3.8, 4) is 0 Å². The molecule has 0 unspecified atom stereocenters. The highest BCUT2D eigenvalue weighted by Crippen LogP contribution is 2.27. The van der Waals surface area contributed by atoms with Crippen molar-refractivity contribution in [2.24, 2.45) is 0 Å². The lowest BCUT2D eigenvalue weighted by Gasteiger charge is -2.12. The quantitative estimate of drug-likeness (QED) is 0.911. The van der Waals surface area contributed by atoms with Gasteiger partial charge in [-0.15, -0.1) is 0 Å². The molecule has 0 aliphatic rings. The maximum atomic E-state index is 5.88. The summed E-state index contributed by atoms with van der Waals surface area (Å²) in [6.45, 7) is 2.77. The molecule has 0 aromatic carbocycles. The molecular formula is C13H15BrN4. The fraction of sp³-hybridized carbons (Fsp3) is 0.231. The third-order valence-corrected chi connectivity index (χ3v) is 3.33. The SMILES string of the molecule is CCc1cccnc1CNc1c(N)cncc1Br. The average Bonchev–Trinajstić information content (AvgIpc) is 2.38. The van der Waals surface area contributed by atoms with Crippen LogP contribution in [-0.4, -0.2) is 9.97 Å². The van der Waals surface area contributed by atoms with E-state index in [9.17, 15) is 0 Å². The highest BCUT2D eigenvalue weighted by atomic mass is 79.9. The number of pyridine rings is 2. The Labute approximate surface area is 115 Å². The van der Waals surface area contributed by atoms with Gasteiger partial charge in [-0.25, -0.2) is 0 Å².